The van der Waals surface area contributed by atoms with Gasteiger partial charge in [-0.1, -0.05) is 13.8 Å². The molecule has 3 heteroatoms. The fourth-order valence-electron chi connectivity index (χ4n) is 2.50. The highest BCUT2D eigenvalue weighted by atomic mass is 16.5. The summed E-state index contributed by atoms with van der Waals surface area (Å²) in [6.45, 7) is 7.80. The van der Waals surface area contributed by atoms with Gasteiger partial charge in [0.25, 0.3) is 0 Å². The minimum atomic E-state index is 0.472. The molecule has 0 saturated carbocycles. The van der Waals surface area contributed by atoms with Gasteiger partial charge in [-0.05, 0) is 25.8 Å². The van der Waals surface area contributed by atoms with Gasteiger partial charge in [0.2, 0.25) is 0 Å². The minimum absolute atomic E-state index is 0.472. The van der Waals surface area contributed by atoms with Crippen LogP contribution in [-0.2, 0) is 4.74 Å². The van der Waals surface area contributed by atoms with Gasteiger partial charge in [0.05, 0.1) is 6.10 Å². The number of hydrogen-bond donors (Lipinski definition) is 1. The van der Waals surface area contributed by atoms with Crippen LogP contribution in [0.15, 0.2) is 0 Å². The van der Waals surface area contributed by atoms with Crippen LogP contribution in [0.2, 0.25) is 0 Å². The van der Waals surface area contributed by atoms with E-state index >= 15 is 0 Å². The minimum Gasteiger partial charge on any atom is -0.378 e. The van der Waals surface area contributed by atoms with E-state index in [0.29, 0.717) is 12.0 Å². The average molecular weight is 212 g/mol. The fourth-order valence-corrected chi connectivity index (χ4v) is 2.50. The fraction of sp³-hybridized carbons (Fsp3) is 1.00. The van der Waals surface area contributed by atoms with E-state index in [-0.39, 0.29) is 0 Å². The number of likely N-dealkylation sites (N-methyl/N-ethyl adjacent to an activating group) is 1. The van der Waals surface area contributed by atoms with E-state index in [1.807, 2.05) is 0 Å². The van der Waals surface area contributed by atoms with Crippen molar-refractivity contribution in [1.29, 1.82) is 0 Å². The standard InChI is InChI=1S/C12H24N2O/c1-9(2)12-6-10(4-5-15-12)14(3)11-7-13-8-11/h9-13H,4-8H2,1-3H3. The first kappa shape index (κ1) is 11.4. The van der Waals surface area contributed by atoms with Crippen molar-refractivity contribution in [3.8, 4) is 0 Å². The summed E-state index contributed by atoms with van der Waals surface area (Å²) in [4.78, 5) is 2.56. The van der Waals surface area contributed by atoms with Gasteiger partial charge in [-0.25, -0.2) is 0 Å². The molecule has 15 heavy (non-hydrogen) atoms. The summed E-state index contributed by atoms with van der Waals surface area (Å²) >= 11 is 0. The summed E-state index contributed by atoms with van der Waals surface area (Å²) in [5.41, 5.74) is 0. The van der Waals surface area contributed by atoms with Crippen molar-refractivity contribution in [2.75, 3.05) is 26.7 Å². The summed E-state index contributed by atoms with van der Waals surface area (Å²) in [5, 5.41) is 3.34. The van der Waals surface area contributed by atoms with E-state index in [2.05, 4.69) is 31.1 Å². The summed E-state index contributed by atoms with van der Waals surface area (Å²) in [6, 6.07) is 1.50. The Morgan fingerprint density at radius 3 is 2.53 bits per heavy atom. The molecule has 2 rings (SSSR count). The number of hydrogen-bond acceptors (Lipinski definition) is 3. The Kier molecular flexibility index (Phi) is 3.65. The molecule has 2 fully saturated rings. The summed E-state index contributed by atoms with van der Waals surface area (Å²) in [6.07, 6.45) is 2.89. The first-order valence-electron chi connectivity index (χ1n) is 6.22. The van der Waals surface area contributed by atoms with Crippen LogP contribution in [0.4, 0.5) is 0 Å². The van der Waals surface area contributed by atoms with Gasteiger partial charge < -0.3 is 10.1 Å². The molecule has 2 aliphatic rings. The van der Waals surface area contributed by atoms with E-state index in [9.17, 15) is 0 Å². The van der Waals surface area contributed by atoms with Crippen molar-refractivity contribution in [2.24, 2.45) is 5.92 Å². The van der Waals surface area contributed by atoms with Crippen molar-refractivity contribution in [3.05, 3.63) is 0 Å². The van der Waals surface area contributed by atoms with Crippen molar-refractivity contribution in [3.63, 3.8) is 0 Å². The lowest BCUT2D eigenvalue weighted by molar-refractivity contribution is -0.0542. The number of nitrogens with one attached hydrogen (secondary N) is 1. The first-order valence-corrected chi connectivity index (χ1v) is 6.22. The Hall–Kier alpha value is -0.120. The van der Waals surface area contributed by atoms with Crippen LogP contribution in [0.1, 0.15) is 26.7 Å². The molecule has 2 atom stereocenters. The van der Waals surface area contributed by atoms with E-state index in [0.717, 1.165) is 18.7 Å². The normalized spacial score (nSPS) is 33.4. The molecule has 0 radical (unpaired) electrons. The summed E-state index contributed by atoms with van der Waals surface area (Å²) < 4.78 is 5.81. The SMILES string of the molecule is CC(C)C1CC(N(C)C2CNC2)CCO1. The molecule has 0 aromatic rings. The highest BCUT2D eigenvalue weighted by Crippen LogP contribution is 2.24. The number of nitrogens with zero attached hydrogens (tertiary/aromatic N) is 1. The molecule has 2 aliphatic heterocycles. The van der Waals surface area contributed by atoms with Crippen molar-refractivity contribution >= 4 is 0 Å². The Morgan fingerprint density at radius 1 is 1.27 bits per heavy atom. The van der Waals surface area contributed by atoms with Crippen LogP contribution in [0.5, 0.6) is 0 Å². The molecule has 0 aliphatic carbocycles. The van der Waals surface area contributed by atoms with E-state index in [1.165, 1.54) is 25.9 Å². The van der Waals surface area contributed by atoms with Crippen LogP contribution in [0, 0.1) is 5.92 Å². The van der Waals surface area contributed by atoms with Crippen LogP contribution in [0.25, 0.3) is 0 Å². The lowest BCUT2D eigenvalue weighted by Crippen LogP contribution is -2.59. The van der Waals surface area contributed by atoms with Crippen LogP contribution in [-0.4, -0.2) is 49.8 Å². The molecular formula is C12H24N2O. The quantitative estimate of drug-likeness (QED) is 0.758. The van der Waals surface area contributed by atoms with Crippen LogP contribution >= 0.6 is 0 Å². The Morgan fingerprint density at radius 2 is 2.00 bits per heavy atom. The number of rotatable bonds is 3. The molecule has 0 amide bonds. The predicted octanol–water partition coefficient (Wildman–Crippen LogP) is 1.09. The third-order valence-electron chi connectivity index (χ3n) is 3.94. The monoisotopic (exact) mass is 212 g/mol. The Bertz CT molecular complexity index is 204. The topological polar surface area (TPSA) is 24.5 Å². The van der Waals surface area contributed by atoms with Crippen LogP contribution < -0.4 is 5.32 Å². The maximum Gasteiger partial charge on any atom is 0.0612 e. The molecule has 0 spiro atoms. The number of ether oxygens (including phenoxy) is 1. The highest BCUT2D eigenvalue weighted by molar-refractivity contribution is 4.89. The van der Waals surface area contributed by atoms with Gasteiger partial charge in [0, 0.05) is 31.8 Å². The second-order valence-electron chi connectivity index (χ2n) is 5.31. The third-order valence-corrected chi connectivity index (χ3v) is 3.94. The maximum absolute atomic E-state index is 5.81. The predicted molar refractivity (Wildman–Crippen MR) is 62.0 cm³/mol. The average Bonchev–Trinajstić information content (AvgIpc) is 2.15. The lowest BCUT2D eigenvalue weighted by Gasteiger charge is -2.44. The smallest absolute Gasteiger partial charge is 0.0612 e. The molecule has 0 aromatic carbocycles. The Balaban J connectivity index is 1.85. The second-order valence-corrected chi connectivity index (χ2v) is 5.31. The summed E-state index contributed by atoms with van der Waals surface area (Å²) in [5.74, 6) is 0.653. The molecule has 3 nitrogen and oxygen atoms in total. The second kappa shape index (κ2) is 4.81. The zero-order valence-corrected chi connectivity index (χ0v) is 10.2. The largest absolute Gasteiger partial charge is 0.378 e. The van der Waals surface area contributed by atoms with E-state index in [4.69, 9.17) is 4.74 Å². The Labute approximate surface area is 93.2 Å². The molecule has 88 valence electrons. The van der Waals surface area contributed by atoms with Gasteiger partial charge in [-0.2, -0.15) is 0 Å². The van der Waals surface area contributed by atoms with E-state index < -0.39 is 0 Å². The van der Waals surface area contributed by atoms with Gasteiger partial charge in [-0.3, -0.25) is 4.90 Å². The van der Waals surface area contributed by atoms with Crippen molar-refractivity contribution < 1.29 is 4.74 Å². The maximum atomic E-state index is 5.81. The molecule has 1 N–H and O–H groups in total. The molecule has 2 saturated heterocycles. The van der Waals surface area contributed by atoms with Crippen molar-refractivity contribution in [1.82, 2.24) is 10.2 Å². The zero-order valence-electron chi connectivity index (χ0n) is 10.2. The summed E-state index contributed by atoms with van der Waals surface area (Å²) in [7, 11) is 2.28. The molecular weight excluding hydrogens is 188 g/mol. The van der Waals surface area contributed by atoms with Crippen molar-refractivity contribution in [2.45, 2.75) is 44.9 Å². The van der Waals surface area contributed by atoms with Crippen LogP contribution in [0.3, 0.4) is 0 Å². The zero-order chi connectivity index (χ0) is 10.8. The third kappa shape index (κ3) is 2.52. The van der Waals surface area contributed by atoms with Gasteiger partial charge in [0.1, 0.15) is 0 Å². The molecule has 2 unspecified atom stereocenters. The molecule has 0 bridgehead atoms. The van der Waals surface area contributed by atoms with Gasteiger partial charge >= 0.3 is 0 Å². The van der Waals surface area contributed by atoms with Gasteiger partial charge in [-0.15, -0.1) is 0 Å². The van der Waals surface area contributed by atoms with Gasteiger partial charge in [0.15, 0.2) is 0 Å². The first-order chi connectivity index (χ1) is 7.18. The lowest BCUT2D eigenvalue weighted by atomic mass is 9.93. The highest BCUT2D eigenvalue weighted by Gasteiger charge is 2.32. The molecule has 0 aromatic heterocycles. The van der Waals surface area contributed by atoms with E-state index in [1.54, 1.807) is 0 Å². The molecule has 2 heterocycles.